The number of unbranched alkanes of at least 4 members (excludes halogenated alkanes) is 1. The Hall–Kier alpha value is -2.40. The number of hydrogen-bond acceptors (Lipinski definition) is 3. The maximum absolute atomic E-state index is 13.0. The van der Waals surface area contributed by atoms with Crippen molar-refractivity contribution in [1.29, 1.82) is 0 Å². The lowest BCUT2D eigenvalue weighted by Gasteiger charge is -2.03. The zero-order valence-corrected chi connectivity index (χ0v) is 14.6. The maximum atomic E-state index is 13.0. The number of fused-ring (bicyclic) bond motifs is 3. The number of aryl methyl sites for hydroxylation is 2. The van der Waals surface area contributed by atoms with Gasteiger partial charge in [-0.25, -0.2) is 4.98 Å². The number of carbonyl (C=O) groups is 1. The lowest BCUT2D eigenvalue weighted by Crippen LogP contribution is -2.05. The van der Waals surface area contributed by atoms with Crippen molar-refractivity contribution < 1.29 is 4.79 Å². The van der Waals surface area contributed by atoms with Gasteiger partial charge in [-0.2, -0.15) is 0 Å². The molecule has 3 heterocycles. The molecule has 0 aliphatic carbocycles. The zero-order chi connectivity index (χ0) is 16.7. The number of carbonyl (C=O) groups excluding carboxylic acids is 1. The molecule has 1 aromatic carbocycles. The summed E-state index contributed by atoms with van der Waals surface area (Å²) in [5.41, 5.74) is 3.65. The van der Waals surface area contributed by atoms with E-state index < -0.39 is 0 Å². The molecule has 4 aromatic rings. The van der Waals surface area contributed by atoms with Crippen LogP contribution < -0.4 is 0 Å². The molecule has 0 fully saturated rings. The number of para-hydroxylation sites is 2. The molecule has 0 aliphatic heterocycles. The lowest BCUT2D eigenvalue weighted by atomic mass is 10.2. The molecule has 0 amide bonds. The average molecular weight is 337 g/mol. The number of aromatic nitrogens is 3. The van der Waals surface area contributed by atoms with E-state index in [1.807, 2.05) is 41.0 Å². The summed E-state index contributed by atoms with van der Waals surface area (Å²) in [6, 6.07) is 12.0. The van der Waals surface area contributed by atoms with Gasteiger partial charge in [0.15, 0.2) is 0 Å². The van der Waals surface area contributed by atoms with E-state index in [1.54, 1.807) is 0 Å². The Bertz CT molecular complexity index is 1020. The largest absolute Gasteiger partial charge is 0.310 e. The fourth-order valence-corrected chi connectivity index (χ4v) is 3.90. The van der Waals surface area contributed by atoms with E-state index in [0.29, 0.717) is 5.69 Å². The molecule has 0 saturated carbocycles. The van der Waals surface area contributed by atoms with Gasteiger partial charge in [0.2, 0.25) is 11.6 Å². The number of thiophene rings is 1. The molecule has 0 unspecified atom stereocenters. The zero-order valence-electron chi connectivity index (χ0n) is 13.8. The highest BCUT2D eigenvalue weighted by molar-refractivity contribution is 7.12. The summed E-state index contributed by atoms with van der Waals surface area (Å²) >= 11 is 1.48. The third kappa shape index (κ3) is 2.19. The van der Waals surface area contributed by atoms with Crippen LogP contribution >= 0.6 is 11.3 Å². The second-order valence-electron chi connectivity index (χ2n) is 5.98. The Morgan fingerprint density at radius 1 is 1.17 bits per heavy atom. The van der Waals surface area contributed by atoms with Crippen LogP contribution in [0.15, 0.2) is 41.8 Å². The number of benzene rings is 1. The highest BCUT2D eigenvalue weighted by atomic mass is 32.1. The van der Waals surface area contributed by atoms with Crippen molar-refractivity contribution in [1.82, 2.24) is 14.0 Å². The third-order valence-electron chi connectivity index (χ3n) is 4.38. The highest BCUT2D eigenvalue weighted by Gasteiger charge is 2.23. The fraction of sp³-hybridized carbons (Fsp3) is 0.263. The van der Waals surface area contributed by atoms with Crippen LogP contribution in [0.5, 0.6) is 0 Å². The van der Waals surface area contributed by atoms with Crippen LogP contribution in [0, 0.1) is 6.92 Å². The summed E-state index contributed by atoms with van der Waals surface area (Å²) in [5.74, 6) is 0.912. The molecule has 122 valence electrons. The molecule has 5 heteroatoms. The molecule has 0 atom stereocenters. The summed E-state index contributed by atoms with van der Waals surface area (Å²) in [6.45, 7) is 5.02. The summed E-state index contributed by atoms with van der Waals surface area (Å²) < 4.78 is 4.26. The smallest absolute Gasteiger partial charge is 0.221 e. The van der Waals surface area contributed by atoms with Crippen LogP contribution in [-0.4, -0.2) is 19.7 Å². The standard InChI is InChI=1S/C19H19N3OS/c1-3-4-11-21-14-8-5-6-9-15(14)22-17(13(2)20-19(21)22)18(23)16-10-7-12-24-16/h5-10,12H,3-4,11H2,1-2H3. The van der Waals surface area contributed by atoms with E-state index in [-0.39, 0.29) is 5.78 Å². The monoisotopic (exact) mass is 337 g/mol. The molecule has 0 saturated heterocycles. The molecular weight excluding hydrogens is 318 g/mol. The lowest BCUT2D eigenvalue weighted by molar-refractivity contribution is 0.103. The second kappa shape index (κ2) is 5.91. The first-order chi connectivity index (χ1) is 11.7. The van der Waals surface area contributed by atoms with E-state index in [2.05, 4.69) is 23.6 Å². The normalized spacial score (nSPS) is 11.6. The Morgan fingerprint density at radius 3 is 2.67 bits per heavy atom. The van der Waals surface area contributed by atoms with E-state index in [1.165, 1.54) is 11.3 Å². The van der Waals surface area contributed by atoms with Crippen molar-refractivity contribution in [2.24, 2.45) is 0 Å². The molecule has 4 rings (SSSR count). The van der Waals surface area contributed by atoms with Crippen LogP contribution in [0.25, 0.3) is 16.8 Å². The van der Waals surface area contributed by atoms with Gasteiger partial charge in [-0.05, 0) is 36.9 Å². The van der Waals surface area contributed by atoms with Crippen molar-refractivity contribution in [3.05, 3.63) is 58.0 Å². The van der Waals surface area contributed by atoms with Crippen LogP contribution in [0.1, 0.15) is 40.8 Å². The number of rotatable bonds is 5. The van der Waals surface area contributed by atoms with Crippen molar-refractivity contribution in [2.45, 2.75) is 33.2 Å². The van der Waals surface area contributed by atoms with Crippen molar-refractivity contribution in [2.75, 3.05) is 0 Å². The minimum absolute atomic E-state index is 0.0494. The SMILES string of the molecule is CCCCn1c2ccccc2n2c(C(=O)c3cccs3)c(C)nc12. The first kappa shape index (κ1) is 15.1. The maximum Gasteiger partial charge on any atom is 0.221 e. The van der Waals surface area contributed by atoms with Gasteiger partial charge >= 0.3 is 0 Å². The quantitative estimate of drug-likeness (QED) is 0.496. The van der Waals surface area contributed by atoms with Gasteiger partial charge in [0.25, 0.3) is 0 Å². The molecule has 3 aromatic heterocycles. The van der Waals surface area contributed by atoms with Crippen LogP contribution in [0.2, 0.25) is 0 Å². The minimum atomic E-state index is 0.0494. The molecule has 4 nitrogen and oxygen atoms in total. The van der Waals surface area contributed by atoms with Gasteiger partial charge < -0.3 is 4.57 Å². The second-order valence-corrected chi connectivity index (χ2v) is 6.93. The van der Waals surface area contributed by atoms with Gasteiger partial charge in [-0.1, -0.05) is 31.5 Å². The Morgan fingerprint density at radius 2 is 1.96 bits per heavy atom. The van der Waals surface area contributed by atoms with E-state index in [4.69, 9.17) is 4.98 Å². The first-order valence-electron chi connectivity index (χ1n) is 8.27. The predicted molar refractivity (Wildman–Crippen MR) is 98.1 cm³/mol. The number of hydrogen-bond donors (Lipinski definition) is 0. The predicted octanol–water partition coefficient (Wildman–Crippen LogP) is 4.69. The Labute approximate surface area is 144 Å². The van der Waals surface area contributed by atoms with Gasteiger partial charge in [-0.15, -0.1) is 11.3 Å². The van der Waals surface area contributed by atoms with Gasteiger partial charge in [-0.3, -0.25) is 9.20 Å². The molecule has 0 bridgehead atoms. The minimum Gasteiger partial charge on any atom is -0.310 e. The molecule has 0 radical (unpaired) electrons. The molecule has 0 spiro atoms. The highest BCUT2D eigenvalue weighted by Crippen LogP contribution is 2.27. The molecule has 0 aliphatic rings. The summed E-state index contributed by atoms with van der Waals surface area (Å²) in [5, 5.41) is 1.94. The van der Waals surface area contributed by atoms with Crippen molar-refractivity contribution >= 4 is 33.9 Å². The van der Waals surface area contributed by atoms with Crippen molar-refractivity contribution in [3.8, 4) is 0 Å². The first-order valence-corrected chi connectivity index (χ1v) is 9.14. The van der Waals surface area contributed by atoms with E-state index >= 15 is 0 Å². The number of nitrogens with zero attached hydrogens (tertiary/aromatic N) is 3. The van der Waals surface area contributed by atoms with Gasteiger partial charge in [0.05, 0.1) is 21.6 Å². The Balaban J connectivity index is 2.02. The van der Waals surface area contributed by atoms with E-state index in [9.17, 15) is 4.79 Å². The number of imidazole rings is 2. The fourth-order valence-electron chi connectivity index (χ4n) is 3.24. The van der Waals surface area contributed by atoms with Crippen molar-refractivity contribution in [3.63, 3.8) is 0 Å². The van der Waals surface area contributed by atoms with Crippen LogP contribution in [-0.2, 0) is 6.54 Å². The van der Waals surface area contributed by atoms with E-state index in [0.717, 1.165) is 46.8 Å². The summed E-state index contributed by atoms with van der Waals surface area (Å²) in [4.78, 5) is 18.5. The number of ketones is 1. The van der Waals surface area contributed by atoms with Crippen LogP contribution in [0.4, 0.5) is 0 Å². The average Bonchev–Trinajstić information content (AvgIpc) is 3.28. The molecule has 24 heavy (non-hydrogen) atoms. The summed E-state index contributed by atoms with van der Waals surface area (Å²) in [6.07, 6.45) is 2.22. The molecule has 0 N–H and O–H groups in total. The Kier molecular flexibility index (Phi) is 3.73. The topological polar surface area (TPSA) is 39.3 Å². The van der Waals surface area contributed by atoms with Gasteiger partial charge in [0, 0.05) is 6.54 Å². The van der Waals surface area contributed by atoms with Crippen LogP contribution in [0.3, 0.4) is 0 Å². The summed E-state index contributed by atoms with van der Waals surface area (Å²) in [7, 11) is 0. The third-order valence-corrected chi connectivity index (χ3v) is 5.25. The van der Waals surface area contributed by atoms with Gasteiger partial charge in [0.1, 0.15) is 5.69 Å². The molecular formula is C19H19N3OS.